The molecule has 0 radical (unpaired) electrons. The zero-order chi connectivity index (χ0) is 14.4. The first-order chi connectivity index (χ1) is 9.63. The smallest absolute Gasteiger partial charge is 0.220 e. The Morgan fingerprint density at radius 1 is 1.36 bits per heavy atom. The fraction of sp³-hybridized carbons (Fsp3) is 0.938. The van der Waals surface area contributed by atoms with Gasteiger partial charge in [0, 0.05) is 25.6 Å². The van der Waals surface area contributed by atoms with Gasteiger partial charge in [-0.2, -0.15) is 0 Å². The van der Waals surface area contributed by atoms with E-state index >= 15 is 0 Å². The summed E-state index contributed by atoms with van der Waals surface area (Å²) >= 11 is 0. The van der Waals surface area contributed by atoms with Gasteiger partial charge in [0.2, 0.25) is 5.91 Å². The van der Waals surface area contributed by atoms with Gasteiger partial charge in [0.15, 0.2) is 0 Å². The van der Waals surface area contributed by atoms with E-state index in [0.29, 0.717) is 12.3 Å². The summed E-state index contributed by atoms with van der Waals surface area (Å²) in [6, 6.07) is 0.273. The van der Waals surface area contributed by atoms with Gasteiger partial charge in [0.25, 0.3) is 0 Å². The van der Waals surface area contributed by atoms with Crippen LogP contribution in [-0.2, 0) is 4.79 Å². The van der Waals surface area contributed by atoms with Gasteiger partial charge in [-0.25, -0.2) is 0 Å². The number of hydrogen-bond acceptors (Lipinski definition) is 3. The number of carbonyl (C=O) groups excluding carboxylic acids is 1. The first-order valence-corrected chi connectivity index (χ1v) is 8.36. The van der Waals surface area contributed by atoms with Gasteiger partial charge in [-0.1, -0.05) is 6.92 Å². The number of piperidine rings is 1. The molecule has 3 unspecified atom stereocenters. The van der Waals surface area contributed by atoms with E-state index < -0.39 is 0 Å². The van der Waals surface area contributed by atoms with Crippen LogP contribution in [0, 0.1) is 11.8 Å². The molecule has 1 amide bonds. The van der Waals surface area contributed by atoms with Crippen molar-refractivity contribution in [3.05, 3.63) is 0 Å². The van der Waals surface area contributed by atoms with E-state index in [1.807, 2.05) is 0 Å². The van der Waals surface area contributed by atoms with Gasteiger partial charge in [0.1, 0.15) is 0 Å². The second-order valence-electron chi connectivity index (χ2n) is 6.87. The van der Waals surface area contributed by atoms with Crippen molar-refractivity contribution in [2.45, 2.75) is 52.0 Å². The molecule has 2 aliphatic heterocycles. The van der Waals surface area contributed by atoms with Gasteiger partial charge in [0.05, 0.1) is 0 Å². The third kappa shape index (κ3) is 8.00. The van der Waals surface area contributed by atoms with Crippen molar-refractivity contribution in [1.82, 2.24) is 15.5 Å². The van der Waals surface area contributed by atoms with Gasteiger partial charge in [-0.3, -0.25) is 4.79 Å². The molecule has 2 aliphatic rings. The summed E-state index contributed by atoms with van der Waals surface area (Å²) in [5.41, 5.74) is 0. The molecule has 0 aromatic carbocycles. The predicted octanol–water partition coefficient (Wildman–Crippen LogP) is 2.46. The molecule has 0 spiro atoms. The van der Waals surface area contributed by atoms with E-state index in [1.165, 1.54) is 32.4 Å². The van der Waals surface area contributed by atoms with Crippen LogP contribution in [0.15, 0.2) is 0 Å². The Morgan fingerprint density at radius 2 is 2.14 bits per heavy atom. The molecular weight excluding hydrogens is 321 g/mol. The van der Waals surface area contributed by atoms with Gasteiger partial charge in [-0.05, 0) is 64.1 Å². The second kappa shape index (κ2) is 11.5. The maximum atomic E-state index is 12.0. The van der Waals surface area contributed by atoms with Crippen molar-refractivity contribution in [2.75, 3.05) is 32.7 Å². The summed E-state index contributed by atoms with van der Waals surface area (Å²) in [5.74, 6) is 1.75. The normalized spacial score (nSPS) is 26.6. The maximum Gasteiger partial charge on any atom is 0.220 e. The number of nitrogens with one attached hydrogen (secondary N) is 2. The molecule has 0 aliphatic carbocycles. The zero-order valence-corrected chi connectivity index (χ0v) is 15.6. The van der Waals surface area contributed by atoms with Crippen LogP contribution < -0.4 is 10.6 Å². The average Bonchev–Trinajstić information content (AvgIpc) is 2.89. The van der Waals surface area contributed by atoms with Crippen molar-refractivity contribution in [1.29, 1.82) is 0 Å². The minimum absolute atomic E-state index is 0. The quantitative estimate of drug-likeness (QED) is 0.770. The average molecular weight is 354 g/mol. The molecule has 22 heavy (non-hydrogen) atoms. The van der Waals surface area contributed by atoms with Crippen LogP contribution in [0.4, 0.5) is 0 Å². The molecule has 132 valence electrons. The fourth-order valence-electron chi connectivity index (χ4n) is 3.53. The number of likely N-dealkylation sites (tertiary alicyclic amines) is 1. The van der Waals surface area contributed by atoms with Crippen LogP contribution in [0.5, 0.6) is 0 Å². The molecule has 2 heterocycles. The van der Waals surface area contributed by atoms with Gasteiger partial charge in [-0.15, -0.1) is 24.8 Å². The monoisotopic (exact) mass is 353 g/mol. The van der Waals surface area contributed by atoms with E-state index in [1.54, 1.807) is 0 Å². The Balaban J connectivity index is 0.00000220. The Hall–Kier alpha value is -0.0300. The minimum Gasteiger partial charge on any atom is -0.352 e. The maximum absolute atomic E-state index is 12.0. The molecule has 0 bridgehead atoms. The third-order valence-corrected chi connectivity index (χ3v) is 4.62. The minimum atomic E-state index is 0. The van der Waals surface area contributed by atoms with Gasteiger partial charge < -0.3 is 15.5 Å². The SMILES string of the molecule is CC1CCCN(CC(C)NC(=O)CCC2CCNC2)C1.Cl.Cl. The Labute approximate surface area is 148 Å². The van der Waals surface area contributed by atoms with Crippen LogP contribution in [0.2, 0.25) is 0 Å². The summed E-state index contributed by atoms with van der Waals surface area (Å²) in [6.45, 7) is 10.1. The number of rotatable bonds is 6. The van der Waals surface area contributed by atoms with Crippen molar-refractivity contribution in [2.24, 2.45) is 11.8 Å². The Kier molecular flexibility index (Phi) is 11.5. The lowest BCUT2D eigenvalue weighted by molar-refractivity contribution is -0.122. The molecule has 6 heteroatoms. The summed E-state index contributed by atoms with van der Waals surface area (Å²) in [6.07, 6.45) is 5.61. The Morgan fingerprint density at radius 3 is 2.77 bits per heavy atom. The van der Waals surface area contributed by atoms with Crippen molar-refractivity contribution in [3.8, 4) is 0 Å². The molecule has 2 fully saturated rings. The van der Waals surface area contributed by atoms with Crippen LogP contribution >= 0.6 is 24.8 Å². The van der Waals surface area contributed by atoms with E-state index in [4.69, 9.17) is 0 Å². The van der Waals surface area contributed by atoms with Crippen molar-refractivity contribution >= 4 is 30.7 Å². The highest BCUT2D eigenvalue weighted by Gasteiger charge is 2.20. The fourth-order valence-corrected chi connectivity index (χ4v) is 3.53. The van der Waals surface area contributed by atoms with Crippen molar-refractivity contribution in [3.63, 3.8) is 0 Å². The standard InChI is InChI=1S/C16H31N3O.2ClH/c1-13-4-3-9-19(11-13)12-14(2)18-16(20)6-5-15-7-8-17-10-15;;/h13-15,17H,3-12H2,1-2H3,(H,18,20);2*1H. The molecule has 0 saturated carbocycles. The summed E-state index contributed by atoms with van der Waals surface area (Å²) < 4.78 is 0. The molecule has 0 aromatic rings. The summed E-state index contributed by atoms with van der Waals surface area (Å²) in [4.78, 5) is 14.5. The highest BCUT2D eigenvalue weighted by Crippen LogP contribution is 2.16. The predicted molar refractivity (Wildman–Crippen MR) is 97.1 cm³/mol. The lowest BCUT2D eigenvalue weighted by Crippen LogP contribution is -2.45. The number of hydrogen-bond donors (Lipinski definition) is 2. The molecule has 0 aromatic heterocycles. The van der Waals surface area contributed by atoms with Crippen LogP contribution in [0.25, 0.3) is 0 Å². The molecule has 2 N–H and O–H groups in total. The highest BCUT2D eigenvalue weighted by molar-refractivity contribution is 5.85. The third-order valence-electron chi connectivity index (χ3n) is 4.62. The highest BCUT2D eigenvalue weighted by atomic mass is 35.5. The van der Waals surface area contributed by atoms with E-state index in [0.717, 1.165) is 32.0 Å². The topological polar surface area (TPSA) is 44.4 Å². The molecule has 2 saturated heterocycles. The molecule has 3 atom stereocenters. The number of halogens is 2. The van der Waals surface area contributed by atoms with E-state index in [-0.39, 0.29) is 36.8 Å². The van der Waals surface area contributed by atoms with E-state index in [9.17, 15) is 4.79 Å². The lowest BCUT2D eigenvalue weighted by Gasteiger charge is -2.32. The summed E-state index contributed by atoms with van der Waals surface area (Å²) in [7, 11) is 0. The van der Waals surface area contributed by atoms with Crippen LogP contribution in [0.1, 0.15) is 46.0 Å². The van der Waals surface area contributed by atoms with Crippen molar-refractivity contribution < 1.29 is 4.79 Å². The molecule has 2 rings (SSSR count). The molecular formula is C16H33Cl2N3O. The first kappa shape index (κ1) is 22.0. The van der Waals surface area contributed by atoms with Crippen LogP contribution in [-0.4, -0.2) is 49.6 Å². The Bertz CT molecular complexity index is 312. The summed E-state index contributed by atoms with van der Waals surface area (Å²) in [5, 5.41) is 6.52. The largest absolute Gasteiger partial charge is 0.352 e. The number of nitrogens with zero attached hydrogens (tertiary/aromatic N) is 1. The van der Waals surface area contributed by atoms with E-state index in [2.05, 4.69) is 29.4 Å². The first-order valence-electron chi connectivity index (χ1n) is 8.36. The van der Waals surface area contributed by atoms with Crippen LogP contribution in [0.3, 0.4) is 0 Å². The molecule has 4 nitrogen and oxygen atoms in total. The second-order valence-corrected chi connectivity index (χ2v) is 6.87. The number of carbonyl (C=O) groups is 1. The lowest BCUT2D eigenvalue weighted by atomic mass is 10.00. The zero-order valence-electron chi connectivity index (χ0n) is 14.0. The van der Waals surface area contributed by atoms with Gasteiger partial charge >= 0.3 is 0 Å². The number of amides is 1.